The zero-order valence-electron chi connectivity index (χ0n) is 9.77. The van der Waals surface area contributed by atoms with Crippen molar-refractivity contribution in [2.45, 2.75) is 26.8 Å². The second-order valence-electron chi connectivity index (χ2n) is 4.05. The Morgan fingerprint density at radius 2 is 2.19 bits per heavy atom. The number of rotatable bonds is 3. The third kappa shape index (κ3) is 2.08. The van der Waals surface area contributed by atoms with Crippen LogP contribution in [0.1, 0.15) is 23.7 Å². The number of nitrogens with two attached hydrogens (primary N) is 1. The molecule has 1 heterocycles. The molecule has 0 aliphatic carbocycles. The van der Waals surface area contributed by atoms with Gasteiger partial charge in [-0.15, -0.1) is 0 Å². The van der Waals surface area contributed by atoms with E-state index in [0.29, 0.717) is 0 Å². The second-order valence-corrected chi connectivity index (χ2v) is 4.05. The van der Waals surface area contributed by atoms with E-state index in [4.69, 9.17) is 5.73 Å². The summed E-state index contributed by atoms with van der Waals surface area (Å²) in [6.45, 7) is 4.99. The van der Waals surface area contributed by atoms with Crippen LogP contribution in [0.3, 0.4) is 0 Å². The van der Waals surface area contributed by atoms with Gasteiger partial charge in [0, 0.05) is 0 Å². The van der Waals surface area contributed by atoms with Crippen LogP contribution >= 0.6 is 0 Å². The van der Waals surface area contributed by atoms with Crippen LogP contribution < -0.4 is 5.73 Å². The molecule has 2 rings (SSSR count). The topological polar surface area (TPSA) is 43.8 Å². The largest absolute Gasteiger partial charge is 0.396 e. The molecular weight excluding hydrogens is 198 g/mol. The Hall–Kier alpha value is -1.77. The van der Waals surface area contributed by atoms with E-state index in [2.05, 4.69) is 43.2 Å². The molecule has 0 fully saturated rings. The van der Waals surface area contributed by atoms with E-state index in [9.17, 15) is 0 Å². The number of nitrogen functional groups attached to an aromatic ring is 1. The minimum Gasteiger partial charge on any atom is -0.396 e. The average Bonchev–Trinajstić information content (AvgIpc) is 2.59. The number of aryl methyl sites for hydroxylation is 1. The first-order valence-electron chi connectivity index (χ1n) is 5.56. The van der Waals surface area contributed by atoms with Crippen LogP contribution in [0.25, 0.3) is 0 Å². The number of anilines is 1. The van der Waals surface area contributed by atoms with Crippen molar-refractivity contribution in [1.29, 1.82) is 0 Å². The van der Waals surface area contributed by atoms with E-state index in [0.717, 1.165) is 24.3 Å². The molecule has 1 aromatic heterocycles. The van der Waals surface area contributed by atoms with Gasteiger partial charge >= 0.3 is 0 Å². The molecule has 0 saturated carbocycles. The van der Waals surface area contributed by atoms with Gasteiger partial charge in [-0.1, -0.05) is 36.8 Å². The molecule has 0 atom stereocenters. The van der Waals surface area contributed by atoms with Gasteiger partial charge in [-0.25, -0.2) is 0 Å². The van der Waals surface area contributed by atoms with Crippen molar-refractivity contribution in [3.63, 3.8) is 0 Å². The van der Waals surface area contributed by atoms with Gasteiger partial charge in [0.15, 0.2) is 0 Å². The summed E-state index contributed by atoms with van der Waals surface area (Å²) < 4.78 is 1.98. The lowest BCUT2D eigenvalue weighted by Crippen LogP contribution is -2.06. The molecule has 0 aliphatic rings. The summed E-state index contributed by atoms with van der Waals surface area (Å²) in [4.78, 5) is 0. The van der Waals surface area contributed by atoms with Gasteiger partial charge in [-0.05, 0) is 18.9 Å². The Morgan fingerprint density at radius 3 is 2.88 bits per heavy atom. The van der Waals surface area contributed by atoms with Crippen LogP contribution in [-0.2, 0) is 13.0 Å². The van der Waals surface area contributed by atoms with E-state index in [-0.39, 0.29) is 0 Å². The highest BCUT2D eigenvalue weighted by molar-refractivity contribution is 5.41. The van der Waals surface area contributed by atoms with Crippen LogP contribution in [-0.4, -0.2) is 9.78 Å². The third-order valence-corrected chi connectivity index (χ3v) is 2.73. The summed E-state index contributed by atoms with van der Waals surface area (Å²) in [5.74, 6) is 0. The molecule has 0 radical (unpaired) electrons. The molecule has 84 valence electrons. The predicted molar refractivity (Wildman–Crippen MR) is 66.3 cm³/mol. The van der Waals surface area contributed by atoms with Crippen LogP contribution in [0, 0.1) is 6.92 Å². The summed E-state index contributed by atoms with van der Waals surface area (Å²) in [5.41, 5.74) is 10.3. The number of hydrogen-bond donors (Lipinski definition) is 1. The van der Waals surface area contributed by atoms with Crippen molar-refractivity contribution in [3.8, 4) is 0 Å². The summed E-state index contributed by atoms with van der Waals surface area (Å²) in [6, 6.07) is 8.46. The van der Waals surface area contributed by atoms with Gasteiger partial charge in [0.25, 0.3) is 0 Å². The van der Waals surface area contributed by atoms with Crippen molar-refractivity contribution in [2.24, 2.45) is 0 Å². The highest BCUT2D eigenvalue weighted by Crippen LogP contribution is 2.14. The normalized spacial score (nSPS) is 10.6. The van der Waals surface area contributed by atoms with Crippen molar-refractivity contribution >= 4 is 5.69 Å². The Morgan fingerprint density at radius 1 is 1.38 bits per heavy atom. The fourth-order valence-electron chi connectivity index (χ4n) is 1.93. The first-order chi connectivity index (χ1) is 7.70. The first kappa shape index (κ1) is 10.7. The number of hydrogen-bond acceptors (Lipinski definition) is 2. The van der Waals surface area contributed by atoms with Crippen LogP contribution in [0.5, 0.6) is 0 Å². The maximum absolute atomic E-state index is 5.85. The third-order valence-electron chi connectivity index (χ3n) is 2.73. The summed E-state index contributed by atoms with van der Waals surface area (Å²) in [6.07, 6.45) is 2.65. The van der Waals surface area contributed by atoms with E-state index in [1.807, 2.05) is 4.68 Å². The Bertz CT molecular complexity index is 486. The maximum atomic E-state index is 5.85. The highest BCUT2D eigenvalue weighted by Gasteiger charge is 2.06. The Balaban J connectivity index is 2.27. The fraction of sp³-hybridized carbons (Fsp3) is 0.308. The molecule has 0 saturated heterocycles. The van der Waals surface area contributed by atoms with Crippen molar-refractivity contribution in [1.82, 2.24) is 9.78 Å². The summed E-state index contributed by atoms with van der Waals surface area (Å²) >= 11 is 0. The van der Waals surface area contributed by atoms with E-state index in [1.54, 1.807) is 6.20 Å². The lowest BCUT2D eigenvalue weighted by molar-refractivity contribution is 0.650. The van der Waals surface area contributed by atoms with Crippen LogP contribution in [0.4, 0.5) is 5.69 Å². The van der Waals surface area contributed by atoms with Gasteiger partial charge in [-0.3, -0.25) is 4.68 Å². The van der Waals surface area contributed by atoms with Gasteiger partial charge in [0.2, 0.25) is 0 Å². The molecule has 0 amide bonds. The smallest absolute Gasteiger partial charge is 0.0733 e. The van der Waals surface area contributed by atoms with Gasteiger partial charge in [0.1, 0.15) is 0 Å². The molecule has 0 spiro atoms. The second kappa shape index (κ2) is 4.39. The van der Waals surface area contributed by atoms with Crippen LogP contribution in [0.15, 0.2) is 30.5 Å². The maximum Gasteiger partial charge on any atom is 0.0733 e. The van der Waals surface area contributed by atoms with Crippen molar-refractivity contribution in [3.05, 3.63) is 47.3 Å². The molecular formula is C13H17N3. The molecule has 1 aromatic carbocycles. The monoisotopic (exact) mass is 215 g/mol. The molecule has 0 aliphatic heterocycles. The summed E-state index contributed by atoms with van der Waals surface area (Å²) in [7, 11) is 0. The average molecular weight is 215 g/mol. The van der Waals surface area contributed by atoms with E-state index < -0.39 is 0 Å². The molecule has 2 N–H and O–H groups in total. The number of aromatic nitrogens is 2. The summed E-state index contributed by atoms with van der Waals surface area (Å²) in [5, 5.41) is 4.30. The first-order valence-corrected chi connectivity index (χ1v) is 5.56. The molecule has 3 nitrogen and oxygen atoms in total. The number of benzene rings is 1. The molecule has 3 heteroatoms. The SMILES string of the molecule is CCc1c(N)cnn1Cc1cccc(C)c1. The van der Waals surface area contributed by atoms with Crippen LogP contribution in [0.2, 0.25) is 0 Å². The minimum atomic E-state index is 0.787. The standard InChI is InChI=1S/C13H17N3/c1-3-13-12(14)8-15-16(13)9-11-6-4-5-10(2)7-11/h4-8H,3,9,14H2,1-2H3. The lowest BCUT2D eigenvalue weighted by Gasteiger charge is -2.07. The van der Waals surface area contributed by atoms with E-state index in [1.165, 1.54) is 11.1 Å². The molecule has 16 heavy (non-hydrogen) atoms. The highest BCUT2D eigenvalue weighted by atomic mass is 15.3. The zero-order chi connectivity index (χ0) is 11.5. The fourth-order valence-corrected chi connectivity index (χ4v) is 1.93. The van der Waals surface area contributed by atoms with Gasteiger partial charge in [0.05, 0.1) is 24.1 Å². The van der Waals surface area contributed by atoms with Crippen molar-refractivity contribution < 1.29 is 0 Å². The molecule has 0 unspecified atom stereocenters. The Kier molecular flexibility index (Phi) is 2.95. The van der Waals surface area contributed by atoms with Crippen molar-refractivity contribution in [2.75, 3.05) is 5.73 Å². The van der Waals surface area contributed by atoms with Gasteiger partial charge in [-0.2, -0.15) is 5.10 Å². The number of nitrogens with zero attached hydrogens (tertiary/aromatic N) is 2. The molecule has 0 bridgehead atoms. The quantitative estimate of drug-likeness (QED) is 0.854. The lowest BCUT2D eigenvalue weighted by atomic mass is 10.1. The Labute approximate surface area is 95.9 Å². The minimum absolute atomic E-state index is 0.787. The van der Waals surface area contributed by atoms with E-state index >= 15 is 0 Å². The zero-order valence-corrected chi connectivity index (χ0v) is 9.77. The van der Waals surface area contributed by atoms with Gasteiger partial charge < -0.3 is 5.73 Å². The predicted octanol–water partition coefficient (Wildman–Crippen LogP) is 2.38. The molecule has 2 aromatic rings.